The predicted molar refractivity (Wildman–Crippen MR) is 116 cm³/mol. The number of nitrogens with one attached hydrogen (secondary N) is 1. The van der Waals surface area contributed by atoms with Crippen LogP contribution in [0.25, 0.3) is 0 Å². The third kappa shape index (κ3) is 4.64. The third-order valence-corrected chi connectivity index (χ3v) is 8.60. The number of sulfonamides is 1. The number of aliphatic imine (C=N–C) groups is 1. The Kier molecular flexibility index (Phi) is 6.11. The van der Waals surface area contributed by atoms with Crippen LogP contribution >= 0.6 is 0 Å². The van der Waals surface area contributed by atoms with E-state index in [0.717, 1.165) is 37.1 Å². The summed E-state index contributed by atoms with van der Waals surface area (Å²) >= 11 is 0. The highest BCUT2D eigenvalue weighted by molar-refractivity contribution is 7.89. The lowest BCUT2D eigenvalue weighted by molar-refractivity contribution is -0.384. The van der Waals surface area contributed by atoms with Gasteiger partial charge in [0.1, 0.15) is 11.4 Å². The van der Waals surface area contributed by atoms with Crippen molar-refractivity contribution in [1.82, 2.24) is 9.62 Å². The number of rotatable bonds is 6. The van der Waals surface area contributed by atoms with E-state index in [1.165, 1.54) is 22.9 Å². The van der Waals surface area contributed by atoms with E-state index in [9.17, 15) is 23.3 Å². The fourth-order valence-corrected chi connectivity index (χ4v) is 6.24. The number of nitrogens with zero attached hydrogens (tertiary/aromatic N) is 3. The van der Waals surface area contributed by atoms with E-state index in [1.807, 2.05) is 0 Å². The number of hydrogen-bond acceptors (Lipinski definition) is 6. The molecule has 2 heterocycles. The van der Waals surface area contributed by atoms with Crippen LogP contribution in [0, 0.1) is 16.0 Å². The van der Waals surface area contributed by atoms with Gasteiger partial charge >= 0.3 is 0 Å². The topological polar surface area (TPSA) is 122 Å². The summed E-state index contributed by atoms with van der Waals surface area (Å²) in [5.74, 6) is 0.969. The van der Waals surface area contributed by atoms with E-state index in [0.29, 0.717) is 18.8 Å². The molecule has 1 saturated heterocycles. The fourth-order valence-electron chi connectivity index (χ4n) is 4.74. The summed E-state index contributed by atoms with van der Waals surface area (Å²) in [5.41, 5.74) is -0.104. The Hall–Kier alpha value is -2.33. The minimum atomic E-state index is -3.49. The Morgan fingerprint density at radius 3 is 2.39 bits per heavy atom. The second kappa shape index (κ2) is 8.66. The highest BCUT2D eigenvalue weighted by Gasteiger charge is 2.48. The number of benzene rings is 1. The van der Waals surface area contributed by atoms with E-state index in [2.05, 4.69) is 5.32 Å². The van der Waals surface area contributed by atoms with Gasteiger partial charge in [0.25, 0.3) is 11.6 Å². The summed E-state index contributed by atoms with van der Waals surface area (Å²) in [6, 6.07) is 5.94. The fraction of sp³-hybridized carbons (Fsp3) is 0.619. The Morgan fingerprint density at radius 2 is 1.77 bits per heavy atom. The lowest BCUT2D eigenvalue weighted by atomic mass is 9.88. The Bertz CT molecular complexity index is 976. The molecule has 0 aromatic heterocycles. The molecule has 1 aliphatic carbocycles. The van der Waals surface area contributed by atoms with Crippen molar-refractivity contribution in [3.05, 3.63) is 39.9 Å². The average molecular weight is 449 g/mol. The van der Waals surface area contributed by atoms with Gasteiger partial charge in [-0.25, -0.2) is 12.7 Å². The maximum absolute atomic E-state index is 12.8. The van der Waals surface area contributed by atoms with Crippen molar-refractivity contribution in [1.29, 1.82) is 0 Å². The first-order valence-electron chi connectivity index (χ1n) is 10.9. The first kappa shape index (κ1) is 21.9. The molecule has 2 aliphatic heterocycles. The summed E-state index contributed by atoms with van der Waals surface area (Å²) in [6.45, 7) is 0.551. The van der Waals surface area contributed by atoms with Crippen LogP contribution in [0.5, 0.6) is 0 Å². The molecule has 1 aromatic rings. The molecule has 0 atom stereocenters. The van der Waals surface area contributed by atoms with Crippen LogP contribution in [0.4, 0.5) is 5.69 Å². The van der Waals surface area contributed by atoms with Crippen LogP contribution < -0.4 is 5.32 Å². The molecule has 10 heteroatoms. The Balaban J connectivity index is 1.35. The van der Waals surface area contributed by atoms with Crippen molar-refractivity contribution in [2.24, 2.45) is 10.9 Å². The lowest BCUT2D eigenvalue weighted by Gasteiger charge is -2.34. The van der Waals surface area contributed by atoms with Crippen molar-refractivity contribution >= 4 is 27.5 Å². The summed E-state index contributed by atoms with van der Waals surface area (Å²) in [4.78, 5) is 27.8. The molecular formula is C21H28N4O5S. The molecule has 3 aliphatic rings. The quantitative estimate of drug-likeness (QED) is 0.529. The van der Waals surface area contributed by atoms with Crippen molar-refractivity contribution in [3.63, 3.8) is 0 Å². The predicted octanol–water partition coefficient (Wildman–Crippen LogP) is 2.41. The van der Waals surface area contributed by atoms with E-state index < -0.39 is 20.5 Å². The molecule has 31 heavy (non-hydrogen) atoms. The number of aryl methyl sites for hydroxylation is 1. The van der Waals surface area contributed by atoms with Crippen molar-refractivity contribution < 1.29 is 18.1 Å². The lowest BCUT2D eigenvalue weighted by Crippen LogP contribution is -2.51. The van der Waals surface area contributed by atoms with Gasteiger partial charge in [-0.2, -0.15) is 0 Å². The van der Waals surface area contributed by atoms with Gasteiger partial charge in [-0.05, 0) is 37.7 Å². The number of nitro groups is 1. The Labute approximate surface area is 182 Å². The van der Waals surface area contributed by atoms with Crippen LogP contribution in [-0.2, 0) is 21.2 Å². The van der Waals surface area contributed by atoms with Crippen molar-refractivity contribution in [2.75, 3.05) is 18.8 Å². The van der Waals surface area contributed by atoms with Gasteiger partial charge in [-0.1, -0.05) is 31.4 Å². The van der Waals surface area contributed by atoms with Crippen LogP contribution in [0.3, 0.4) is 0 Å². The monoisotopic (exact) mass is 448 g/mol. The van der Waals surface area contributed by atoms with E-state index in [-0.39, 0.29) is 36.9 Å². The minimum absolute atomic E-state index is 0.0177. The van der Waals surface area contributed by atoms with Crippen molar-refractivity contribution in [2.45, 2.75) is 56.9 Å². The highest BCUT2D eigenvalue weighted by atomic mass is 32.2. The number of non-ortho nitro benzene ring substituents is 1. The van der Waals surface area contributed by atoms with Gasteiger partial charge in [0, 0.05) is 31.1 Å². The zero-order chi connectivity index (χ0) is 22.1. The van der Waals surface area contributed by atoms with Gasteiger partial charge in [0.15, 0.2) is 0 Å². The van der Waals surface area contributed by atoms with Crippen LogP contribution in [0.1, 0.15) is 50.5 Å². The molecule has 1 N–H and O–H groups in total. The van der Waals surface area contributed by atoms with Gasteiger partial charge in [-0.3, -0.25) is 19.9 Å². The maximum atomic E-state index is 12.8. The Morgan fingerprint density at radius 1 is 1.13 bits per heavy atom. The smallest absolute Gasteiger partial charge is 0.269 e. The van der Waals surface area contributed by atoms with Gasteiger partial charge in [-0.15, -0.1) is 0 Å². The van der Waals surface area contributed by atoms with Gasteiger partial charge in [0.05, 0.1) is 10.7 Å². The molecule has 1 saturated carbocycles. The number of carbonyl (C=O) groups is 1. The molecule has 4 rings (SSSR count). The third-order valence-electron chi connectivity index (χ3n) is 6.73. The molecular weight excluding hydrogens is 420 g/mol. The van der Waals surface area contributed by atoms with Gasteiger partial charge < -0.3 is 5.32 Å². The SMILES string of the molecule is O=C1NC(C2CCCCC2)=NC12CCN(S(=O)(=O)CCc1ccc([N+](=O)[O-])cc1)CC2. The molecule has 2 fully saturated rings. The highest BCUT2D eigenvalue weighted by Crippen LogP contribution is 2.34. The number of nitro benzene ring substituents is 1. The van der Waals surface area contributed by atoms with Crippen LogP contribution in [0.15, 0.2) is 29.3 Å². The standard InChI is InChI=1S/C21H28N4O5S/c26-20-21(23-19(22-20)17-4-2-1-3-5-17)11-13-24(14-12-21)31(29,30)15-10-16-6-8-18(9-7-16)25(27)28/h6-9,17H,1-5,10-15H2,(H,22,23,26). The van der Waals surface area contributed by atoms with Crippen LogP contribution in [0.2, 0.25) is 0 Å². The molecule has 0 radical (unpaired) electrons. The second-order valence-corrected chi connectivity index (χ2v) is 10.8. The summed E-state index contributed by atoms with van der Waals surface area (Å²) in [7, 11) is -3.49. The molecule has 1 spiro atoms. The van der Waals surface area contributed by atoms with Crippen molar-refractivity contribution in [3.8, 4) is 0 Å². The summed E-state index contributed by atoms with van der Waals surface area (Å²) < 4.78 is 27.1. The largest absolute Gasteiger partial charge is 0.312 e. The van der Waals surface area contributed by atoms with Gasteiger partial charge in [0.2, 0.25) is 10.0 Å². The molecule has 168 valence electrons. The zero-order valence-corrected chi connectivity index (χ0v) is 18.3. The summed E-state index contributed by atoms with van der Waals surface area (Å²) in [5, 5.41) is 13.7. The summed E-state index contributed by atoms with van der Waals surface area (Å²) in [6.07, 6.45) is 6.73. The second-order valence-electron chi connectivity index (χ2n) is 8.71. The molecule has 9 nitrogen and oxygen atoms in total. The van der Waals surface area contributed by atoms with Crippen LogP contribution in [-0.4, -0.2) is 53.8 Å². The molecule has 0 unspecified atom stereocenters. The number of carbonyl (C=O) groups excluding carboxylic acids is 1. The number of amidine groups is 1. The molecule has 1 amide bonds. The number of piperidine rings is 1. The molecule has 0 bridgehead atoms. The normalized spacial score (nSPS) is 22.3. The molecule has 1 aromatic carbocycles. The minimum Gasteiger partial charge on any atom is -0.312 e. The van der Waals surface area contributed by atoms with E-state index in [4.69, 9.17) is 4.99 Å². The van der Waals surface area contributed by atoms with E-state index in [1.54, 1.807) is 12.1 Å². The average Bonchev–Trinajstić information content (AvgIpc) is 3.09. The maximum Gasteiger partial charge on any atom is 0.269 e. The zero-order valence-electron chi connectivity index (χ0n) is 17.5. The number of hydrogen-bond donors (Lipinski definition) is 1. The first-order valence-corrected chi connectivity index (χ1v) is 12.5. The van der Waals surface area contributed by atoms with E-state index >= 15 is 0 Å². The number of amides is 1. The first-order chi connectivity index (χ1) is 14.8.